The lowest BCUT2D eigenvalue weighted by atomic mass is 10.1. The van der Waals surface area contributed by atoms with Gasteiger partial charge in [-0.15, -0.1) is 0 Å². The molecule has 0 saturated carbocycles. The van der Waals surface area contributed by atoms with E-state index in [1.54, 1.807) is 23.7 Å². The van der Waals surface area contributed by atoms with E-state index in [1.165, 1.54) is 5.56 Å². The van der Waals surface area contributed by atoms with Crippen molar-refractivity contribution in [1.82, 2.24) is 9.97 Å². The van der Waals surface area contributed by atoms with Crippen LogP contribution in [0.5, 0.6) is 0 Å². The van der Waals surface area contributed by atoms with E-state index in [4.69, 9.17) is 5.73 Å². The zero-order valence-corrected chi connectivity index (χ0v) is 9.37. The van der Waals surface area contributed by atoms with E-state index in [0.717, 1.165) is 17.8 Å². The normalized spacial score (nSPS) is 12.7. The molecular formula is C11H13N3S. The molecule has 0 aliphatic heterocycles. The average molecular weight is 219 g/mol. The number of hydrogen-bond acceptors (Lipinski definition) is 4. The minimum Gasteiger partial charge on any atom is -0.322 e. The lowest BCUT2D eigenvalue weighted by Gasteiger charge is -2.09. The summed E-state index contributed by atoms with van der Waals surface area (Å²) in [6.07, 6.45) is 4.33. The van der Waals surface area contributed by atoms with Crippen molar-refractivity contribution in [2.45, 2.75) is 19.4 Å². The molecule has 0 bridgehead atoms. The molecule has 4 heteroatoms. The molecule has 0 saturated heterocycles. The van der Waals surface area contributed by atoms with Crippen LogP contribution in [0, 0.1) is 6.92 Å². The Bertz CT molecular complexity index is 408. The zero-order chi connectivity index (χ0) is 10.7. The first kappa shape index (κ1) is 10.3. The summed E-state index contributed by atoms with van der Waals surface area (Å²) in [5, 5.41) is 4.17. The fourth-order valence-electron chi connectivity index (χ4n) is 1.36. The van der Waals surface area contributed by atoms with Crippen LogP contribution in [0.4, 0.5) is 0 Å². The highest BCUT2D eigenvalue weighted by molar-refractivity contribution is 7.07. The Hall–Kier alpha value is -1.26. The monoisotopic (exact) mass is 219 g/mol. The molecule has 0 fully saturated rings. The van der Waals surface area contributed by atoms with Gasteiger partial charge < -0.3 is 5.73 Å². The molecule has 0 aliphatic rings. The molecule has 0 radical (unpaired) electrons. The molecule has 2 aromatic rings. The highest BCUT2D eigenvalue weighted by Crippen LogP contribution is 2.15. The predicted molar refractivity (Wildman–Crippen MR) is 61.7 cm³/mol. The Morgan fingerprint density at radius 2 is 2.27 bits per heavy atom. The smallest absolute Gasteiger partial charge is 0.0757 e. The summed E-state index contributed by atoms with van der Waals surface area (Å²) in [7, 11) is 0. The third-order valence-corrected chi connectivity index (χ3v) is 2.95. The largest absolute Gasteiger partial charge is 0.322 e. The van der Waals surface area contributed by atoms with Crippen LogP contribution in [0.2, 0.25) is 0 Å². The van der Waals surface area contributed by atoms with Crippen LogP contribution in [0.1, 0.15) is 23.0 Å². The number of hydrogen-bond donors (Lipinski definition) is 1. The van der Waals surface area contributed by atoms with Gasteiger partial charge in [-0.1, -0.05) is 0 Å². The maximum Gasteiger partial charge on any atom is 0.0757 e. The number of nitrogens with zero attached hydrogens (tertiary/aromatic N) is 2. The predicted octanol–water partition coefficient (Wildman–Crippen LogP) is 2.09. The van der Waals surface area contributed by atoms with E-state index in [-0.39, 0.29) is 6.04 Å². The van der Waals surface area contributed by atoms with Gasteiger partial charge in [-0.25, -0.2) is 0 Å². The van der Waals surface area contributed by atoms with Gasteiger partial charge >= 0.3 is 0 Å². The molecule has 2 heterocycles. The summed E-state index contributed by atoms with van der Waals surface area (Å²) in [6, 6.07) is 2.03. The fourth-order valence-corrected chi connectivity index (χ4v) is 2.04. The zero-order valence-electron chi connectivity index (χ0n) is 8.55. The number of nitrogens with two attached hydrogens (primary N) is 1. The number of aryl methyl sites for hydroxylation is 1. The van der Waals surface area contributed by atoms with Gasteiger partial charge in [0.1, 0.15) is 0 Å². The van der Waals surface area contributed by atoms with Crippen molar-refractivity contribution in [3.05, 3.63) is 46.2 Å². The number of aromatic nitrogens is 2. The van der Waals surface area contributed by atoms with Crippen LogP contribution in [0.3, 0.4) is 0 Å². The maximum atomic E-state index is 6.04. The minimum absolute atomic E-state index is 0.0623. The van der Waals surface area contributed by atoms with E-state index in [9.17, 15) is 0 Å². The summed E-state index contributed by atoms with van der Waals surface area (Å²) in [5.41, 5.74) is 9.07. The van der Waals surface area contributed by atoms with Gasteiger partial charge in [-0.2, -0.15) is 11.3 Å². The van der Waals surface area contributed by atoms with Gasteiger partial charge in [0.2, 0.25) is 0 Å². The van der Waals surface area contributed by atoms with Gasteiger partial charge in [0, 0.05) is 6.20 Å². The third-order valence-electron chi connectivity index (χ3n) is 2.22. The summed E-state index contributed by atoms with van der Waals surface area (Å²) < 4.78 is 0. The van der Waals surface area contributed by atoms with Crippen molar-refractivity contribution < 1.29 is 0 Å². The summed E-state index contributed by atoms with van der Waals surface area (Å²) in [6.45, 7) is 1.92. The Balaban J connectivity index is 2.08. The Kier molecular flexibility index (Phi) is 3.08. The molecule has 3 nitrogen and oxygen atoms in total. The molecule has 0 aromatic carbocycles. The van der Waals surface area contributed by atoms with E-state index in [2.05, 4.69) is 26.8 Å². The lowest BCUT2D eigenvalue weighted by Crippen LogP contribution is -2.15. The minimum atomic E-state index is -0.0623. The number of rotatable bonds is 3. The van der Waals surface area contributed by atoms with Gasteiger partial charge in [0.05, 0.1) is 23.6 Å². The van der Waals surface area contributed by atoms with Crippen LogP contribution in [-0.4, -0.2) is 9.97 Å². The molecule has 0 aliphatic carbocycles. The Labute approximate surface area is 93.0 Å². The second-order valence-electron chi connectivity index (χ2n) is 3.52. The van der Waals surface area contributed by atoms with Crippen molar-refractivity contribution in [3.63, 3.8) is 0 Å². The van der Waals surface area contributed by atoms with Crippen LogP contribution in [-0.2, 0) is 6.42 Å². The van der Waals surface area contributed by atoms with E-state index in [1.807, 2.05) is 6.92 Å². The van der Waals surface area contributed by atoms with Crippen molar-refractivity contribution in [1.29, 1.82) is 0 Å². The first-order valence-corrected chi connectivity index (χ1v) is 5.75. The Morgan fingerprint density at radius 1 is 1.40 bits per heavy atom. The summed E-state index contributed by atoms with van der Waals surface area (Å²) >= 11 is 1.69. The molecule has 1 unspecified atom stereocenters. The topological polar surface area (TPSA) is 51.8 Å². The van der Waals surface area contributed by atoms with Crippen LogP contribution in [0.25, 0.3) is 0 Å². The molecule has 2 aromatic heterocycles. The highest BCUT2D eigenvalue weighted by atomic mass is 32.1. The maximum absolute atomic E-state index is 6.04. The Morgan fingerprint density at radius 3 is 2.87 bits per heavy atom. The van der Waals surface area contributed by atoms with Gasteiger partial charge in [-0.3, -0.25) is 9.97 Å². The van der Waals surface area contributed by atoms with Crippen molar-refractivity contribution in [2.24, 2.45) is 5.73 Å². The van der Waals surface area contributed by atoms with E-state index < -0.39 is 0 Å². The standard InChI is InChI=1S/C11H13N3S/c1-8-5-14-11(6-13-8)10(12)4-9-2-3-15-7-9/h2-3,5-7,10H,4,12H2,1H3. The van der Waals surface area contributed by atoms with Gasteiger partial charge in [-0.05, 0) is 35.7 Å². The van der Waals surface area contributed by atoms with Gasteiger partial charge in [0.15, 0.2) is 0 Å². The summed E-state index contributed by atoms with van der Waals surface area (Å²) in [5.74, 6) is 0. The van der Waals surface area contributed by atoms with Crippen molar-refractivity contribution in [3.8, 4) is 0 Å². The van der Waals surface area contributed by atoms with Crippen molar-refractivity contribution in [2.75, 3.05) is 0 Å². The van der Waals surface area contributed by atoms with Crippen LogP contribution in [0.15, 0.2) is 29.2 Å². The quantitative estimate of drug-likeness (QED) is 0.860. The molecule has 2 rings (SSSR count). The van der Waals surface area contributed by atoms with Gasteiger partial charge in [0.25, 0.3) is 0 Å². The molecule has 78 valence electrons. The number of thiophene rings is 1. The van der Waals surface area contributed by atoms with Crippen LogP contribution >= 0.6 is 11.3 Å². The molecule has 2 N–H and O–H groups in total. The first-order chi connectivity index (χ1) is 7.25. The molecule has 15 heavy (non-hydrogen) atoms. The highest BCUT2D eigenvalue weighted by Gasteiger charge is 2.08. The first-order valence-electron chi connectivity index (χ1n) is 4.81. The van der Waals surface area contributed by atoms with Crippen LogP contribution < -0.4 is 5.73 Å². The lowest BCUT2D eigenvalue weighted by molar-refractivity contribution is 0.691. The SMILES string of the molecule is Cc1cnc(C(N)Cc2ccsc2)cn1. The molecule has 0 spiro atoms. The molecular weight excluding hydrogens is 206 g/mol. The van der Waals surface area contributed by atoms with E-state index >= 15 is 0 Å². The fraction of sp³-hybridized carbons (Fsp3) is 0.273. The molecule has 1 atom stereocenters. The molecule has 0 amide bonds. The average Bonchev–Trinajstić information content (AvgIpc) is 2.71. The summed E-state index contributed by atoms with van der Waals surface area (Å²) in [4.78, 5) is 8.46. The van der Waals surface area contributed by atoms with E-state index in [0.29, 0.717) is 0 Å². The second-order valence-corrected chi connectivity index (χ2v) is 4.30. The third kappa shape index (κ3) is 2.61. The van der Waals surface area contributed by atoms with Crippen molar-refractivity contribution >= 4 is 11.3 Å². The second kappa shape index (κ2) is 4.51.